The largest absolute Gasteiger partial charge is 0.438 e. The highest BCUT2D eigenvalue weighted by Crippen LogP contribution is 2.19. The maximum atomic E-state index is 12.1. The topological polar surface area (TPSA) is 98.2 Å². The molecule has 0 saturated carbocycles. The van der Waals surface area contributed by atoms with E-state index in [4.69, 9.17) is 10.2 Å². The first kappa shape index (κ1) is 13.8. The fraction of sp³-hybridized carbons (Fsp3) is 0.214. The van der Waals surface area contributed by atoms with Gasteiger partial charge in [0.15, 0.2) is 6.39 Å². The van der Waals surface area contributed by atoms with Gasteiger partial charge in [0.2, 0.25) is 11.7 Å². The van der Waals surface area contributed by atoms with Crippen molar-refractivity contribution in [2.24, 2.45) is 5.73 Å². The van der Waals surface area contributed by atoms with Gasteiger partial charge in [-0.2, -0.15) is 0 Å². The van der Waals surface area contributed by atoms with E-state index in [0.29, 0.717) is 16.9 Å². The molecule has 1 aromatic carbocycles. The Morgan fingerprint density at radius 2 is 1.90 bits per heavy atom. The predicted molar refractivity (Wildman–Crippen MR) is 73.5 cm³/mol. The minimum atomic E-state index is -0.514. The molecule has 0 fully saturated rings. The van der Waals surface area contributed by atoms with E-state index >= 15 is 0 Å². The van der Waals surface area contributed by atoms with Gasteiger partial charge in [0.1, 0.15) is 0 Å². The molecule has 2 rings (SSSR count). The number of amides is 2. The molecule has 0 spiro atoms. The second kappa shape index (κ2) is 5.56. The summed E-state index contributed by atoms with van der Waals surface area (Å²) < 4.78 is 5.12. The van der Waals surface area contributed by atoms with Crippen molar-refractivity contribution in [3.05, 3.63) is 47.7 Å². The average Bonchev–Trinajstić information content (AvgIpc) is 2.88. The van der Waals surface area contributed by atoms with Crippen molar-refractivity contribution in [3.8, 4) is 0 Å². The van der Waals surface area contributed by atoms with Crippen LogP contribution in [0.25, 0.3) is 0 Å². The first-order valence-corrected chi connectivity index (χ1v) is 6.13. The minimum Gasteiger partial charge on any atom is -0.438 e. The van der Waals surface area contributed by atoms with Crippen LogP contribution in [0.15, 0.2) is 35.1 Å². The molecule has 0 aliphatic carbocycles. The molecular weight excluding hydrogens is 258 g/mol. The highest BCUT2D eigenvalue weighted by molar-refractivity contribution is 6.03. The predicted octanol–water partition coefficient (Wildman–Crippen LogP) is 2.15. The zero-order valence-corrected chi connectivity index (χ0v) is 11.2. The number of benzene rings is 1. The van der Waals surface area contributed by atoms with Gasteiger partial charge in [-0.1, -0.05) is 13.8 Å². The Morgan fingerprint density at radius 1 is 1.25 bits per heavy atom. The van der Waals surface area contributed by atoms with Crippen LogP contribution in [0.5, 0.6) is 0 Å². The molecule has 0 atom stereocenters. The summed E-state index contributed by atoms with van der Waals surface area (Å²) in [6, 6.07) is 6.29. The molecule has 20 heavy (non-hydrogen) atoms. The zero-order chi connectivity index (χ0) is 14.7. The Morgan fingerprint density at radius 3 is 2.45 bits per heavy atom. The third-order valence-corrected chi connectivity index (χ3v) is 2.78. The van der Waals surface area contributed by atoms with E-state index in [-0.39, 0.29) is 17.6 Å². The van der Waals surface area contributed by atoms with E-state index in [1.165, 1.54) is 6.39 Å². The van der Waals surface area contributed by atoms with E-state index in [9.17, 15) is 9.59 Å². The Balaban J connectivity index is 2.15. The van der Waals surface area contributed by atoms with Gasteiger partial charge in [-0.05, 0) is 30.2 Å². The molecule has 0 saturated heterocycles. The van der Waals surface area contributed by atoms with E-state index in [2.05, 4.69) is 10.3 Å². The van der Waals surface area contributed by atoms with Crippen LogP contribution in [-0.2, 0) is 0 Å². The van der Waals surface area contributed by atoms with Gasteiger partial charge in [0.25, 0.3) is 5.91 Å². The van der Waals surface area contributed by atoms with Crippen molar-refractivity contribution >= 4 is 17.5 Å². The number of carbonyl (C=O) groups is 2. The van der Waals surface area contributed by atoms with Crippen LogP contribution >= 0.6 is 0 Å². The van der Waals surface area contributed by atoms with Crippen molar-refractivity contribution in [3.63, 3.8) is 0 Å². The Labute approximate surface area is 116 Å². The van der Waals surface area contributed by atoms with Gasteiger partial charge in [-0.25, -0.2) is 4.98 Å². The lowest BCUT2D eigenvalue weighted by atomic mass is 10.1. The summed E-state index contributed by atoms with van der Waals surface area (Å²) in [5.41, 5.74) is 6.68. The molecule has 1 heterocycles. The van der Waals surface area contributed by atoms with Crippen LogP contribution in [0, 0.1) is 0 Å². The number of carbonyl (C=O) groups excluding carboxylic acids is 2. The summed E-state index contributed by atoms with van der Waals surface area (Å²) in [7, 11) is 0. The molecule has 3 N–H and O–H groups in total. The minimum absolute atomic E-state index is 0.0896. The lowest BCUT2D eigenvalue weighted by Gasteiger charge is -2.06. The van der Waals surface area contributed by atoms with Crippen LogP contribution in [0.1, 0.15) is 46.4 Å². The lowest BCUT2D eigenvalue weighted by molar-refractivity contribution is 0.0990. The third kappa shape index (κ3) is 2.85. The fourth-order valence-corrected chi connectivity index (χ4v) is 1.74. The van der Waals surface area contributed by atoms with Crippen molar-refractivity contribution < 1.29 is 14.0 Å². The van der Waals surface area contributed by atoms with Crippen LogP contribution in [0.4, 0.5) is 5.69 Å². The molecule has 2 amide bonds. The molecular formula is C14H15N3O3. The van der Waals surface area contributed by atoms with Gasteiger partial charge in [0, 0.05) is 11.3 Å². The molecule has 1 aromatic heterocycles. The number of nitrogens with zero attached hydrogens (tertiary/aromatic N) is 1. The Kier molecular flexibility index (Phi) is 3.84. The monoisotopic (exact) mass is 273 g/mol. The maximum Gasteiger partial charge on any atom is 0.293 e. The first-order valence-electron chi connectivity index (χ1n) is 6.13. The third-order valence-electron chi connectivity index (χ3n) is 2.78. The number of oxazole rings is 1. The normalized spacial score (nSPS) is 10.6. The molecule has 2 aromatic rings. The van der Waals surface area contributed by atoms with E-state index in [1.54, 1.807) is 24.3 Å². The number of hydrogen-bond donors (Lipinski definition) is 2. The van der Waals surface area contributed by atoms with Crippen molar-refractivity contribution in [2.75, 3.05) is 5.32 Å². The highest BCUT2D eigenvalue weighted by Gasteiger charge is 2.19. The maximum absolute atomic E-state index is 12.1. The van der Waals surface area contributed by atoms with Crippen molar-refractivity contribution in [1.29, 1.82) is 0 Å². The van der Waals surface area contributed by atoms with Gasteiger partial charge in [-0.3, -0.25) is 9.59 Å². The average molecular weight is 273 g/mol. The molecule has 0 aliphatic rings. The quantitative estimate of drug-likeness (QED) is 0.891. The molecule has 6 heteroatoms. The molecule has 0 bridgehead atoms. The number of nitrogens with one attached hydrogen (secondary N) is 1. The Hall–Kier alpha value is -2.63. The summed E-state index contributed by atoms with van der Waals surface area (Å²) in [6.45, 7) is 3.85. The summed E-state index contributed by atoms with van der Waals surface area (Å²) in [4.78, 5) is 27.1. The van der Waals surface area contributed by atoms with Crippen molar-refractivity contribution in [2.45, 2.75) is 19.8 Å². The summed E-state index contributed by atoms with van der Waals surface area (Å²) in [6.07, 6.45) is 1.25. The highest BCUT2D eigenvalue weighted by atomic mass is 16.3. The van der Waals surface area contributed by atoms with Crippen LogP contribution < -0.4 is 11.1 Å². The SMILES string of the molecule is CC(C)c1ncoc1C(=O)Nc1ccc(C(N)=O)cc1. The number of primary amides is 1. The second-order valence-corrected chi connectivity index (χ2v) is 4.62. The summed E-state index contributed by atoms with van der Waals surface area (Å²) in [5.74, 6) is -0.607. The number of anilines is 1. The van der Waals surface area contributed by atoms with E-state index in [1.807, 2.05) is 13.8 Å². The molecule has 0 unspecified atom stereocenters. The van der Waals surface area contributed by atoms with Crippen LogP contribution in [0.2, 0.25) is 0 Å². The van der Waals surface area contributed by atoms with Crippen molar-refractivity contribution in [1.82, 2.24) is 4.98 Å². The number of rotatable bonds is 4. The molecule has 104 valence electrons. The summed E-state index contributed by atoms with van der Waals surface area (Å²) in [5, 5.41) is 2.68. The fourth-order valence-electron chi connectivity index (χ4n) is 1.74. The molecule has 6 nitrogen and oxygen atoms in total. The summed E-state index contributed by atoms with van der Waals surface area (Å²) >= 11 is 0. The first-order chi connectivity index (χ1) is 9.49. The smallest absolute Gasteiger partial charge is 0.293 e. The van der Waals surface area contributed by atoms with Crippen LogP contribution in [-0.4, -0.2) is 16.8 Å². The number of aromatic nitrogens is 1. The molecule has 0 aliphatic heterocycles. The van der Waals surface area contributed by atoms with E-state index < -0.39 is 5.91 Å². The number of nitrogens with two attached hydrogens (primary N) is 1. The second-order valence-electron chi connectivity index (χ2n) is 4.62. The van der Waals surface area contributed by atoms with E-state index in [0.717, 1.165) is 0 Å². The number of hydrogen-bond acceptors (Lipinski definition) is 4. The van der Waals surface area contributed by atoms with Gasteiger partial charge >= 0.3 is 0 Å². The standard InChI is InChI=1S/C14H15N3O3/c1-8(2)11-12(20-7-16-11)14(19)17-10-5-3-9(4-6-10)13(15)18/h3-8H,1-2H3,(H2,15,18)(H,17,19). The lowest BCUT2D eigenvalue weighted by Crippen LogP contribution is -2.14. The van der Waals surface area contributed by atoms with Gasteiger partial charge < -0.3 is 15.5 Å². The molecule has 0 radical (unpaired) electrons. The Bertz CT molecular complexity index is 629. The van der Waals surface area contributed by atoms with Gasteiger partial charge in [0.05, 0.1) is 5.69 Å². The van der Waals surface area contributed by atoms with Crippen LogP contribution in [0.3, 0.4) is 0 Å². The zero-order valence-electron chi connectivity index (χ0n) is 11.2. The van der Waals surface area contributed by atoms with Gasteiger partial charge in [-0.15, -0.1) is 0 Å².